The van der Waals surface area contributed by atoms with E-state index >= 15 is 0 Å². The summed E-state index contributed by atoms with van der Waals surface area (Å²) in [6, 6.07) is 1.90. The molecule has 2 aromatic heterocycles. The number of furan rings is 1. The molecule has 2 heterocycles. The van der Waals surface area contributed by atoms with Crippen molar-refractivity contribution in [3.05, 3.63) is 29.2 Å². The van der Waals surface area contributed by atoms with Crippen molar-refractivity contribution in [3.63, 3.8) is 0 Å². The SMILES string of the molecule is Brc1cncc2occc12. The van der Waals surface area contributed by atoms with Gasteiger partial charge in [0, 0.05) is 16.1 Å². The quantitative estimate of drug-likeness (QED) is 0.650. The van der Waals surface area contributed by atoms with Gasteiger partial charge >= 0.3 is 0 Å². The minimum absolute atomic E-state index is 0.814. The number of fused-ring (bicyclic) bond motifs is 1. The first-order valence-electron chi connectivity index (χ1n) is 2.84. The van der Waals surface area contributed by atoms with E-state index in [9.17, 15) is 0 Å². The fraction of sp³-hybridized carbons (Fsp3) is 0. The Kier molecular flexibility index (Phi) is 1.24. The van der Waals surface area contributed by atoms with Crippen molar-refractivity contribution in [2.75, 3.05) is 0 Å². The molecule has 0 atom stereocenters. The summed E-state index contributed by atoms with van der Waals surface area (Å²) in [4.78, 5) is 3.94. The van der Waals surface area contributed by atoms with E-state index < -0.39 is 0 Å². The molecule has 0 radical (unpaired) electrons. The lowest BCUT2D eigenvalue weighted by atomic mass is 10.3. The van der Waals surface area contributed by atoms with Crippen LogP contribution in [0.15, 0.2) is 33.6 Å². The van der Waals surface area contributed by atoms with Crippen LogP contribution >= 0.6 is 15.9 Å². The van der Waals surface area contributed by atoms with Gasteiger partial charge in [-0.05, 0) is 22.0 Å². The van der Waals surface area contributed by atoms with Crippen LogP contribution in [-0.2, 0) is 0 Å². The van der Waals surface area contributed by atoms with Crippen molar-refractivity contribution in [1.82, 2.24) is 4.98 Å². The van der Waals surface area contributed by atoms with Crippen LogP contribution in [0.2, 0.25) is 0 Å². The number of hydrogen-bond acceptors (Lipinski definition) is 2. The number of halogens is 1. The molecule has 0 unspecified atom stereocenters. The van der Waals surface area contributed by atoms with Crippen molar-refractivity contribution in [2.45, 2.75) is 0 Å². The summed E-state index contributed by atoms with van der Waals surface area (Å²) in [6.45, 7) is 0. The van der Waals surface area contributed by atoms with Gasteiger partial charge in [-0.1, -0.05) is 0 Å². The summed E-state index contributed by atoms with van der Waals surface area (Å²) in [7, 11) is 0. The highest BCUT2D eigenvalue weighted by atomic mass is 79.9. The largest absolute Gasteiger partial charge is 0.463 e. The first-order valence-corrected chi connectivity index (χ1v) is 3.64. The minimum atomic E-state index is 0.814. The summed E-state index contributed by atoms with van der Waals surface area (Å²) in [5.41, 5.74) is 0.814. The molecule has 2 aromatic rings. The van der Waals surface area contributed by atoms with Crippen LogP contribution in [0.25, 0.3) is 11.0 Å². The molecule has 0 aliphatic carbocycles. The van der Waals surface area contributed by atoms with E-state index in [1.165, 1.54) is 0 Å². The van der Waals surface area contributed by atoms with Gasteiger partial charge in [0.2, 0.25) is 0 Å². The maximum atomic E-state index is 5.11. The van der Waals surface area contributed by atoms with E-state index in [2.05, 4.69) is 20.9 Å². The molecule has 0 aromatic carbocycles. The van der Waals surface area contributed by atoms with Crippen LogP contribution in [0, 0.1) is 0 Å². The van der Waals surface area contributed by atoms with Crippen LogP contribution in [0.4, 0.5) is 0 Å². The molecule has 50 valence electrons. The Bertz CT molecular complexity index is 355. The maximum Gasteiger partial charge on any atom is 0.153 e. The molecule has 0 N–H and O–H groups in total. The summed E-state index contributed by atoms with van der Waals surface area (Å²) < 4.78 is 6.08. The number of pyridine rings is 1. The highest BCUT2D eigenvalue weighted by Crippen LogP contribution is 2.22. The number of hydrogen-bond donors (Lipinski definition) is 0. The van der Waals surface area contributed by atoms with E-state index in [4.69, 9.17) is 4.42 Å². The van der Waals surface area contributed by atoms with Crippen molar-refractivity contribution >= 4 is 26.9 Å². The van der Waals surface area contributed by atoms with Gasteiger partial charge in [-0.3, -0.25) is 4.98 Å². The Balaban J connectivity index is 2.95. The Labute approximate surface area is 66.0 Å². The van der Waals surface area contributed by atoms with Crippen molar-refractivity contribution < 1.29 is 4.42 Å². The van der Waals surface area contributed by atoms with Crippen LogP contribution in [0.3, 0.4) is 0 Å². The first-order chi connectivity index (χ1) is 4.88. The molecule has 0 aliphatic heterocycles. The van der Waals surface area contributed by atoms with Crippen LogP contribution in [0.5, 0.6) is 0 Å². The zero-order valence-corrected chi connectivity index (χ0v) is 6.63. The van der Waals surface area contributed by atoms with E-state index in [0.29, 0.717) is 0 Å². The average molecular weight is 198 g/mol. The zero-order valence-electron chi connectivity index (χ0n) is 5.04. The molecule has 0 amide bonds. The molecule has 0 saturated heterocycles. The maximum absolute atomic E-state index is 5.11. The molecule has 0 saturated carbocycles. The van der Waals surface area contributed by atoms with Gasteiger partial charge in [-0.25, -0.2) is 0 Å². The molecule has 2 rings (SSSR count). The van der Waals surface area contributed by atoms with E-state index in [-0.39, 0.29) is 0 Å². The van der Waals surface area contributed by atoms with E-state index in [0.717, 1.165) is 15.4 Å². The topological polar surface area (TPSA) is 26.0 Å². The Morgan fingerprint density at radius 2 is 2.30 bits per heavy atom. The second-order valence-corrected chi connectivity index (χ2v) is 2.81. The molecular weight excluding hydrogens is 194 g/mol. The predicted octanol–water partition coefficient (Wildman–Crippen LogP) is 2.59. The van der Waals surface area contributed by atoms with E-state index in [1.54, 1.807) is 18.7 Å². The van der Waals surface area contributed by atoms with Crippen molar-refractivity contribution in [2.24, 2.45) is 0 Å². The third-order valence-corrected chi connectivity index (χ3v) is 1.96. The summed E-state index contributed by atoms with van der Waals surface area (Å²) in [6.07, 6.45) is 5.09. The summed E-state index contributed by atoms with van der Waals surface area (Å²) in [5.74, 6) is 0. The first kappa shape index (κ1) is 5.92. The predicted molar refractivity (Wildman–Crippen MR) is 41.7 cm³/mol. The lowest BCUT2D eigenvalue weighted by Crippen LogP contribution is -1.70. The average Bonchev–Trinajstić information content (AvgIpc) is 2.36. The van der Waals surface area contributed by atoms with Crippen LogP contribution < -0.4 is 0 Å². The molecule has 0 spiro atoms. The highest BCUT2D eigenvalue weighted by molar-refractivity contribution is 9.10. The molecule has 0 fully saturated rings. The molecule has 0 aliphatic rings. The van der Waals surface area contributed by atoms with Gasteiger partial charge < -0.3 is 4.42 Å². The van der Waals surface area contributed by atoms with Crippen molar-refractivity contribution in [1.29, 1.82) is 0 Å². The van der Waals surface area contributed by atoms with Crippen LogP contribution in [-0.4, -0.2) is 4.98 Å². The third kappa shape index (κ3) is 0.743. The number of rotatable bonds is 0. The monoisotopic (exact) mass is 197 g/mol. The van der Waals surface area contributed by atoms with Gasteiger partial charge in [-0.15, -0.1) is 0 Å². The molecule has 0 bridgehead atoms. The fourth-order valence-corrected chi connectivity index (χ4v) is 1.30. The minimum Gasteiger partial charge on any atom is -0.463 e. The third-order valence-electron chi connectivity index (χ3n) is 1.33. The normalized spacial score (nSPS) is 10.5. The van der Waals surface area contributed by atoms with Crippen LogP contribution in [0.1, 0.15) is 0 Å². The van der Waals surface area contributed by atoms with Gasteiger partial charge in [0.15, 0.2) is 5.58 Å². The van der Waals surface area contributed by atoms with E-state index in [1.807, 2.05) is 6.07 Å². The smallest absolute Gasteiger partial charge is 0.153 e. The lowest BCUT2D eigenvalue weighted by Gasteiger charge is -1.88. The second kappa shape index (κ2) is 2.09. The molecule has 3 heteroatoms. The molecule has 10 heavy (non-hydrogen) atoms. The number of aromatic nitrogens is 1. The van der Waals surface area contributed by atoms with Gasteiger partial charge in [0.25, 0.3) is 0 Å². The lowest BCUT2D eigenvalue weighted by molar-refractivity contribution is 0.614. The molecule has 2 nitrogen and oxygen atoms in total. The van der Waals surface area contributed by atoms with Crippen molar-refractivity contribution in [3.8, 4) is 0 Å². The second-order valence-electron chi connectivity index (χ2n) is 1.95. The summed E-state index contributed by atoms with van der Waals surface area (Å²) >= 11 is 3.35. The van der Waals surface area contributed by atoms with Gasteiger partial charge in [0.1, 0.15) is 0 Å². The Hall–Kier alpha value is -0.830. The van der Waals surface area contributed by atoms with Gasteiger partial charge in [0.05, 0.1) is 12.5 Å². The Morgan fingerprint density at radius 1 is 1.40 bits per heavy atom. The Morgan fingerprint density at radius 3 is 3.10 bits per heavy atom. The fourth-order valence-electron chi connectivity index (χ4n) is 0.858. The standard InChI is InChI=1S/C7H4BrNO/c8-6-3-9-4-7-5(6)1-2-10-7/h1-4H. The number of nitrogens with zero attached hydrogens (tertiary/aromatic N) is 1. The summed E-state index contributed by atoms with van der Waals surface area (Å²) in [5, 5.41) is 1.06. The molecular formula is C7H4BrNO. The highest BCUT2D eigenvalue weighted by Gasteiger charge is 1.98. The van der Waals surface area contributed by atoms with Gasteiger partial charge in [-0.2, -0.15) is 0 Å². The zero-order chi connectivity index (χ0) is 6.97.